The molecule has 0 radical (unpaired) electrons. The number of hydrogen-bond donors (Lipinski definition) is 10. The van der Waals surface area contributed by atoms with Gasteiger partial charge in [0.25, 0.3) is 0 Å². The van der Waals surface area contributed by atoms with Crippen LogP contribution in [-0.4, -0.2) is 237 Å². The zero-order valence-electron chi connectivity index (χ0n) is 16.2. The first kappa shape index (κ1) is 52.8. The maximum absolute atomic E-state index is 10.3. The summed E-state index contributed by atoms with van der Waals surface area (Å²) >= 11 is 0. The van der Waals surface area contributed by atoms with Crippen molar-refractivity contribution in [3.05, 3.63) is 0 Å². The van der Waals surface area contributed by atoms with Crippen molar-refractivity contribution in [3.8, 4) is 0 Å². The molecule has 0 saturated heterocycles. The number of rotatable bonds is 11. The van der Waals surface area contributed by atoms with E-state index in [0.717, 1.165) is 0 Å². The van der Waals surface area contributed by atoms with Crippen LogP contribution in [0.25, 0.3) is 0 Å². The third kappa shape index (κ3) is 29.0. The van der Waals surface area contributed by atoms with E-state index < -0.39 is 84.8 Å². The molecule has 36 heavy (non-hydrogen) atoms. The van der Waals surface area contributed by atoms with Crippen LogP contribution in [0.5, 0.6) is 0 Å². The number of carbonyl (C=O) groups is 7. The molecule has 21 heteroatoms. The van der Waals surface area contributed by atoms with Crippen LogP contribution in [0.3, 0.4) is 0 Å². The van der Waals surface area contributed by atoms with Crippen molar-refractivity contribution in [2.75, 3.05) is 0 Å². The van der Waals surface area contributed by atoms with Gasteiger partial charge in [-0.15, -0.1) is 0 Å². The molecule has 1 atom stereocenters. The van der Waals surface area contributed by atoms with Crippen LogP contribution < -0.4 is 0 Å². The van der Waals surface area contributed by atoms with Gasteiger partial charge in [-0.1, -0.05) is 0 Å². The van der Waals surface area contributed by atoms with E-state index in [9.17, 15) is 33.6 Å². The SMILES string of the molecule is CC(O)C(=O)O.O=C(O)CC(O)(CC(=O)O)C(=O)O.O=C(O)CC(O)(CC(=O)O)C(=O)O.[CaH2].[NaH].[NaH].[NaH]. The summed E-state index contributed by atoms with van der Waals surface area (Å²) in [5, 5.41) is 83.4. The fraction of sp³-hybridized carbons (Fsp3) is 0.533. The van der Waals surface area contributed by atoms with Gasteiger partial charge in [-0.2, -0.15) is 0 Å². The van der Waals surface area contributed by atoms with Crippen molar-refractivity contribution in [1.82, 2.24) is 0 Å². The summed E-state index contributed by atoms with van der Waals surface area (Å²) in [6.45, 7) is 1.20. The van der Waals surface area contributed by atoms with Crippen LogP contribution in [0.2, 0.25) is 0 Å². The Morgan fingerprint density at radius 1 is 0.556 bits per heavy atom. The molecule has 17 nitrogen and oxygen atoms in total. The Bertz CT molecular complexity index is 659. The summed E-state index contributed by atoms with van der Waals surface area (Å²) in [4.78, 5) is 70.4. The molecular formula is C15H27CaNa3O17. The minimum atomic E-state index is -2.74. The molecule has 0 aliphatic rings. The second kappa shape index (κ2) is 25.7. The third-order valence-electron chi connectivity index (χ3n) is 2.93. The number of aliphatic hydroxyl groups excluding tert-OH is 1. The van der Waals surface area contributed by atoms with Gasteiger partial charge in [-0.25, -0.2) is 14.4 Å². The Kier molecular flexibility index (Phi) is 37.7. The maximum atomic E-state index is 10.3. The second-order valence-corrected chi connectivity index (χ2v) is 5.97. The van der Waals surface area contributed by atoms with E-state index in [2.05, 4.69) is 0 Å². The molecule has 0 spiro atoms. The van der Waals surface area contributed by atoms with Gasteiger partial charge in [-0.3, -0.25) is 19.2 Å². The van der Waals surface area contributed by atoms with Gasteiger partial charge < -0.3 is 51.1 Å². The van der Waals surface area contributed by atoms with E-state index in [4.69, 9.17) is 51.1 Å². The van der Waals surface area contributed by atoms with Gasteiger partial charge in [0.15, 0.2) is 11.2 Å². The van der Waals surface area contributed by atoms with E-state index >= 15 is 0 Å². The van der Waals surface area contributed by atoms with Gasteiger partial charge in [0.1, 0.15) is 6.10 Å². The second-order valence-electron chi connectivity index (χ2n) is 5.97. The predicted octanol–water partition coefficient (Wildman–Crippen LogP) is -5.91. The number of carboxylic acid groups (broad SMARTS) is 7. The van der Waals surface area contributed by atoms with Crippen LogP contribution in [0, 0.1) is 0 Å². The molecule has 0 amide bonds. The summed E-state index contributed by atoms with van der Waals surface area (Å²) < 4.78 is 0. The zero-order valence-corrected chi connectivity index (χ0v) is 16.2. The molecular weight excluding hydrogens is 561 g/mol. The molecule has 194 valence electrons. The monoisotopic (exact) mass is 588 g/mol. The van der Waals surface area contributed by atoms with E-state index in [-0.39, 0.29) is 126 Å². The molecule has 0 aromatic carbocycles. The van der Waals surface area contributed by atoms with Crippen LogP contribution in [0.1, 0.15) is 32.6 Å². The number of carboxylic acids is 7. The molecule has 0 heterocycles. The minimum absolute atomic E-state index is 0. The van der Waals surface area contributed by atoms with Crippen molar-refractivity contribution >= 4 is 168 Å². The topological polar surface area (TPSA) is 322 Å². The number of aliphatic carboxylic acids is 7. The van der Waals surface area contributed by atoms with E-state index in [0.29, 0.717) is 0 Å². The first-order valence-electron chi connectivity index (χ1n) is 7.89. The molecule has 0 bridgehead atoms. The Hall–Kier alpha value is 0.430. The Morgan fingerprint density at radius 3 is 0.750 bits per heavy atom. The van der Waals surface area contributed by atoms with Crippen LogP contribution in [0.4, 0.5) is 0 Å². The van der Waals surface area contributed by atoms with E-state index in [1.54, 1.807) is 0 Å². The van der Waals surface area contributed by atoms with Crippen molar-refractivity contribution < 1.29 is 84.6 Å². The molecule has 0 rings (SSSR count). The first-order chi connectivity index (χ1) is 14.2. The summed E-state index contributed by atoms with van der Waals surface area (Å²) in [6, 6.07) is 0. The van der Waals surface area contributed by atoms with Gasteiger partial charge in [0.2, 0.25) is 0 Å². The molecule has 10 N–H and O–H groups in total. The van der Waals surface area contributed by atoms with Crippen molar-refractivity contribution in [3.63, 3.8) is 0 Å². The molecule has 0 aliphatic heterocycles. The number of aliphatic hydroxyl groups is 3. The van der Waals surface area contributed by atoms with Crippen LogP contribution in [0.15, 0.2) is 0 Å². The fourth-order valence-electron chi connectivity index (χ4n) is 1.43. The quantitative estimate of drug-likeness (QED) is 0.100. The Morgan fingerprint density at radius 2 is 0.694 bits per heavy atom. The predicted molar refractivity (Wildman–Crippen MR) is 123 cm³/mol. The average molecular weight is 588 g/mol. The van der Waals surface area contributed by atoms with E-state index in [1.165, 1.54) is 6.92 Å². The first-order valence-corrected chi connectivity index (χ1v) is 7.89. The van der Waals surface area contributed by atoms with Crippen LogP contribution >= 0.6 is 0 Å². The van der Waals surface area contributed by atoms with Gasteiger partial charge in [-0.05, 0) is 6.92 Å². The zero-order chi connectivity index (χ0) is 26.4. The summed E-state index contributed by atoms with van der Waals surface area (Å²) in [5.74, 6) is -11.2. The van der Waals surface area contributed by atoms with Crippen molar-refractivity contribution in [1.29, 1.82) is 0 Å². The fourth-order valence-corrected chi connectivity index (χ4v) is 1.43. The summed E-state index contributed by atoms with van der Waals surface area (Å²) in [6.07, 6.45) is -5.81. The summed E-state index contributed by atoms with van der Waals surface area (Å²) in [7, 11) is 0. The molecule has 1 unspecified atom stereocenters. The van der Waals surface area contributed by atoms with Gasteiger partial charge in [0.05, 0.1) is 25.7 Å². The molecule has 0 aromatic heterocycles. The van der Waals surface area contributed by atoms with Gasteiger partial charge >= 0.3 is 168 Å². The van der Waals surface area contributed by atoms with Gasteiger partial charge in [0, 0.05) is 0 Å². The van der Waals surface area contributed by atoms with E-state index in [1.807, 2.05) is 0 Å². The van der Waals surface area contributed by atoms with Crippen molar-refractivity contribution in [2.24, 2.45) is 0 Å². The number of hydrogen-bond acceptors (Lipinski definition) is 10. The summed E-state index contributed by atoms with van der Waals surface area (Å²) in [5.41, 5.74) is -5.48. The molecule has 0 saturated carbocycles. The average Bonchev–Trinajstić information content (AvgIpc) is 2.52. The Balaban J connectivity index is -0.0000000702. The molecule has 0 aromatic rings. The standard InChI is InChI=1S/2C6H8O7.C3H6O3.Ca.3Na.5H/c2*7-3(8)1-6(13,5(11)12)2-4(9)10;1-2(4)3(5)6;;;;;;;;;/h2*13H,1-2H2,(H,7,8)(H,9,10)(H,11,12);2,4H,1H3,(H,5,6);;;;;;;;;. The normalized spacial score (nSPS) is 10.1. The third-order valence-corrected chi connectivity index (χ3v) is 2.93. The van der Waals surface area contributed by atoms with Crippen molar-refractivity contribution in [2.45, 2.75) is 49.9 Å². The Labute approximate surface area is 298 Å². The van der Waals surface area contributed by atoms with Crippen LogP contribution in [-0.2, 0) is 33.6 Å². The molecule has 0 aliphatic carbocycles. The molecule has 0 fully saturated rings.